The first kappa shape index (κ1) is 15.4. The van der Waals surface area contributed by atoms with Crippen LogP contribution in [0.25, 0.3) is 0 Å². The number of rotatable bonds is 0. The summed E-state index contributed by atoms with van der Waals surface area (Å²) in [5, 5.41) is 0. The first-order valence-electron chi connectivity index (χ1n) is 3.98. The second-order valence-corrected chi connectivity index (χ2v) is 7.24. The summed E-state index contributed by atoms with van der Waals surface area (Å²) < 4.78 is -3.70. The van der Waals surface area contributed by atoms with Crippen molar-refractivity contribution in [3.8, 4) is 11.8 Å². The van der Waals surface area contributed by atoms with Gasteiger partial charge in [-0.2, -0.15) is 0 Å². The zero-order valence-corrected chi connectivity index (χ0v) is 12.6. The van der Waals surface area contributed by atoms with E-state index in [1.807, 2.05) is 0 Å². The number of alkyl halides is 6. The summed E-state index contributed by atoms with van der Waals surface area (Å²) in [4.78, 5) is 11.5. The van der Waals surface area contributed by atoms with Gasteiger partial charge in [0.05, 0.1) is 0 Å². The highest BCUT2D eigenvalue weighted by Crippen LogP contribution is 2.39. The third-order valence-electron chi connectivity index (χ3n) is 1.38. The smallest absolute Gasteiger partial charge is 0.209 e. The lowest BCUT2D eigenvalue weighted by Crippen LogP contribution is -2.17. The SMILES string of the molecule is CC#Cc1nc(C(Cl)(Cl)Cl)nc(C(Cl)(Cl)Cl)n1. The summed E-state index contributed by atoms with van der Waals surface area (Å²) in [5.41, 5.74) is 0. The van der Waals surface area contributed by atoms with E-state index in [-0.39, 0.29) is 17.5 Å². The lowest BCUT2D eigenvalue weighted by molar-refractivity contribution is 0.833. The van der Waals surface area contributed by atoms with Gasteiger partial charge in [-0.3, -0.25) is 0 Å². The maximum absolute atomic E-state index is 5.65. The van der Waals surface area contributed by atoms with Crippen molar-refractivity contribution in [3.63, 3.8) is 0 Å². The van der Waals surface area contributed by atoms with Crippen LogP contribution >= 0.6 is 69.6 Å². The molecule has 0 aliphatic rings. The number of halogens is 6. The van der Waals surface area contributed by atoms with Gasteiger partial charge >= 0.3 is 0 Å². The van der Waals surface area contributed by atoms with E-state index < -0.39 is 7.59 Å². The Hall–Kier alpha value is 0.310. The maximum atomic E-state index is 5.65. The van der Waals surface area contributed by atoms with E-state index >= 15 is 0 Å². The van der Waals surface area contributed by atoms with Crippen molar-refractivity contribution in [2.24, 2.45) is 0 Å². The molecule has 9 heteroatoms. The molecule has 0 atom stereocenters. The Labute approximate surface area is 128 Å². The Kier molecular flexibility index (Phi) is 4.99. The maximum Gasteiger partial charge on any atom is 0.250 e. The molecule has 1 aromatic rings. The molecule has 0 aliphatic carbocycles. The normalized spacial score (nSPS) is 11.9. The van der Waals surface area contributed by atoms with Gasteiger partial charge in [-0.25, -0.2) is 15.0 Å². The Bertz CT molecular complexity index is 446. The summed E-state index contributed by atoms with van der Waals surface area (Å²) in [6, 6.07) is 0. The molecule has 0 saturated carbocycles. The number of hydrogen-bond acceptors (Lipinski definition) is 3. The zero-order chi connectivity index (χ0) is 13.3. The Morgan fingerprint density at radius 1 is 0.824 bits per heavy atom. The molecule has 0 bridgehead atoms. The van der Waals surface area contributed by atoms with E-state index in [4.69, 9.17) is 69.6 Å². The van der Waals surface area contributed by atoms with Crippen LogP contribution in [-0.4, -0.2) is 15.0 Å². The topological polar surface area (TPSA) is 38.7 Å². The zero-order valence-electron chi connectivity index (χ0n) is 8.11. The van der Waals surface area contributed by atoms with Crippen LogP contribution in [0.5, 0.6) is 0 Å². The van der Waals surface area contributed by atoms with Crippen LogP contribution in [-0.2, 0) is 7.59 Å². The molecule has 0 radical (unpaired) electrons. The van der Waals surface area contributed by atoms with E-state index in [9.17, 15) is 0 Å². The average Bonchev–Trinajstić information content (AvgIpc) is 2.15. The number of hydrogen-bond donors (Lipinski definition) is 0. The molecular weight excluding hydrogens is 351 g/mol. The van der Waals surface area contributed by atoms with Gasteiger partial charge in [0.2, 0.25) is 13.4 Å². The van der Waals surface area contributed by atoms with Crippen LogP contribution < -0.4 is 0 Å². The van der Waals surface area contributed by atoms with Gasteiger partial charge < -0.3 is 0 Å². The summed E-state index contributed by atoms with van der Waals surface area (Å²) in [6.07, 6.45) is 0. The van der Waals surface area contributed by atoms with Gasteiger partial charge in [-0.15, -0.1) is 0 Å². The highest BCUT2D eigenvalue weighted by molar-refractivity contribution is 6.67. The van der Waals surface area contributed by atoms with Crippen LogP contribution in [0.1, 0.15) is 24.4 Å². The van der Waals surface area contributed by atoms with E-state index in [1.165, 1.54) is 0 Å². The summed E-state index contributed by atoms with van der Waals surface area (Å²) in [6.45, 7) is 1.59. The lowest BCUT2D eigenvalue weighted by Gasteiger charge is -2.13. The van der Waals surface area contributed by atoms with Crippen molar-refractivity contribution in [3.05, 3.63) is 17.5 Å². The molecule has 3 nitrogen and oxygen atoms in total. The minimum Gasteiger partial charge on any atom is -0.209 e. The van der Waals surface area contributed by atoms with Crippen molar-refractivity contribution in [2.75, 3.05) is 0 Å². The Morgan fingerprint density at radius 2 is 1.24 bits per heavy atom. The van der Waals surface area contributed by atoms with E-state index in [0.29, 0.717) is 0 Å². The average molecular weight is 354 g/mol. The van der Waals surface area contributed by atoms with Crippen LogP contribution in [0.4, 0.5) is 0 Å². The second kappa shape index (κ2) is 5.52. The molecule has 0 saturated heterocycles. The molecule has 92 valence electrons. The monoisotopic (exact) mass is 351 g/mol. The van der Waals surface area contributed by atoms with Crippen molar-refractivity contribution in [1.29, 1.82) is 0 Å². The van der Waals surface area contributed by atoms with E-state index in [2.05, 4.69) is 26.8 Å². The molecule has 0 aliphatic heterocycles. The van der Waals surface area contributed by atoms with Gasteiger partial charge in [0.15, 0.2) is 11.6 Å². The molecule has 1 heterocycles. The van der Waals surface area contributed by atoms with Crippen molar-refractivity contribution in [1.82, 2.24) is 15.0 Å². The van der Waals surface area contributed by atoms with Crippen LogP contribution in [0.15, 0.2) is 0 Å². The third-order valence-corrected chi connectivity index (χ3v) is 2.39. The standard InChI is InChI=1S/C8H3Cl6N3/c1-2-3-4-15-5(7(9,10)11)17-6(16-4)8(12,13)14/h1H3. The lowest BCUT2D eigenvalue weighted by atomic mass is 10.5. The van der Waals surface area contributed by atoms with Gasteiger partial charge in [0.25, 0.3) is 0 Å². The summed E-state index contributed by atoms with van der Waals surface area (Å²) >= 11 is 33.9. The Balaban J connectivity index is 3.43. The van der Waals surface area contributed by atoms with Crippen molar-refractivity contribution >= 4 is 69.6 Å². The van der Waals surface area contributed by atoms with E-state index in [0.717, 1.165) is 0 Å². The molecule has 0 aromatic carbocycles. The van der Waals surface area contributed by atoms with E-state index in [1.54, 1.807) is 6.92 Å². The first-order chi connectivity index (χ1) is 7.64. The third kappa shape index (κ3) is 4.48. The number of aromatic nitrogens is 3. The predicted molar refractivity (Wildman–Crippen MR) is 70.9 cm³/mol. The molecule has 0 N–H and O–H groups in total. The van der Waals surface area contributed by atoms with Crippen molar-refractivity contribution in [2.45, 2.75) is 14.5 Å². The van der Waals surface area contributed by atoms with Crippen LogP contribution in [0.3, 0.4) is 0 Å². The molecular formula is C8H3Cl6N3. The minimum atomic E-state index is -1.85. The van der Waals surface area contributed by atoms with Crippen LogP contribution in [0, 0.1) is 11.8 Å². The van der Waals surface area contributed by atoms with Gasteiger partial charge in [0.1, 0.15) is 0 Å². The predicted octanol–water partition coefficient (Wildman–Crippen LogP) is 3.90. The highest BCUT2D eigenvalue weighted by atomic mass is 35.6. The fourth-order valence-corrected chi connectivity index (χ4v) is 1.30. The fraction of sp³-hybridized carbons (Fsp3) is 0.375. The Morgan fingerprint density at radius 3 is 1.53 bits per heavy atom. The molecule has 17 heavy (non-hydrogen) atoms. The molecule has 0 unspecified atom stereocenters. The fourth-order valence-electron chi connectivity index (χ4n) is 0.797. The highest BCUT2D eigenvalue weighted by Gasteiger charge is 2.33. The van der Waals surface area contributed by atoms with Gasteiger partial charge in [0, 0.05) is 0 Å². The molecule has 0 amide bonds. The minimum absolute atomic E-state index is 0.0603. The quantitative estimate of drug-likeness (QED) is 0.524. The van der Waals surface area contributed by atoms with Gasteiger partial charge in [-0.05, 0) is 12.8 Å². The number of nitrogens with zero attached hydrogens (tertiary/aromatic N) is 3. The molecule has 0 spiro atoms. The summed E-state index contributed by atoms with van der Waals surface area (Å²) in [7, 11) is 0. The first-order valence-corrected chi connectivity index (χ1v) is 6.24. The molecule has 0 fully saturated rings. The second-order valence-electron chi connectivity index (χ2n) is 2.68. The molecule has 1 aromatic heterocycles. The summed E-state index contributed by atoms with van der Waals surface area (Å²) in [5.74, 6) is 4.90. The largest absolute Gasteiger partial charge is 0.250 e. The van der Waals surface area contributed by atoms with Crippen LogP contribution in [0.2, 0.25) is 0 Å². The van der Waals surface area contributed by atoms with Crippen molar-refractivity contribution < 1.29 is 0 Å². The molecule has 1 rings (SSSR count). The van der Waals surface area contributed by atoms with Gasteiger partial charge in [-0.1, -0.05) is 75.5 Å².